The first-order chi connectivity index (χ1) is 28.9. The van der Waals surface area contributed by atoms with Crippen LogP contribution in [0.1, 0.15) is 6.85 Å². The average Bonchev–Trinajstić information content (AvgIpc) is 3.62. The molecule has 0 spiro atoms. The summed E-state index contributed by atoms with van der Waals surface area (Å²) in [6.45, 7) is 0. The monoisotopic (exact) mass is 693 g/mol. The van der Waals surface area contributed by atoms with Gasteiger partial charge in [-0.15, -0.1) is 0 Å². The summed E-state index contributed by atoms with van der Waals surface area (Å²) in [5.74, 6) is 0. The van der Waals surface area contributed by atoms with Crippen molar-refractivity contribution < 1.29 is 6.85 Å². The molecule has 0 saturated carbocycles. The molecule has 0 bridgehead atoms. The van der Waals surface area contributed by atoms with Gasteiger partial charge in [0.05, 0.1) is 23.6 Å². The van der Waals surface area contributed by atoms with Crippen LogP contribution in [0.15, 0.2) is 218 Å². The van der Waals surface area contributed by atoms with Gasteiger partial charge in [-0.05, 0) is 99.4 Å². The summed E-state index contributed by atoms with van der Waals surface area (Å²) in [7, 11) is 0. The van der Waals surface area contributed by atoms with Gasteiger partial charge in [0, 0.05) is 33.2 Å². The zero-order chi connectivity index (χ0) is 40.2. The molecule has 0 fully saturated rings. The Morgan fingerprint density at radius 2 is 0.944 bits per heavy atom. The topological polar surface area (TPSA) is 8.17 Å². The molecular formula is C52H36N2. The Morgan fingerprint density at radius 3 is 1.74 bits per heavy atom. The highest BCUT2D eigenvalue weighted by Gasteiger charge is 2.17. The number of para-hydroxylation sites is 3. The predicted octanol–water partition coefficient (Wildman–Crippen LogP) is 14.4. The maximum Gasteiger partial charge on any atom is 0.0629 e. The van der Waals surface area contributed by atoms with Gasteiger partial charge in [-0.1, -0.05) is 158 Å². The van der Waals surface area contributed by atoms with Gasteiger partial charge >= 0.3 is 0 Å². The molecule has 10 rings (SSSR count). The first-order valence-electron chi connectivity index (χ1n) is 20.6. The summed E-state index contributed by atoms with van der Waals surface area (Å²) >= 11 is 0. The van der Waals surface area contributed by atoms with Crippen molar-refractivity contribution in [3.05, 3.63) is 218 Å². The molecule has 0 aliphatic heterocycles. The van der Waals surface area contributed by atoms with Crippen molar-refractivity contribution in [3.8, 4) is 39.1 Å². The zero-order valence-corrected chi connectivity index (χ0v) is 29.3. The summed E-state index contributed by atoms with van der Waals surface area (Å²) < 4.78 is 43.8. The van der Waals surface area contributed by atoms with E-state index in [9.17, 15) is 0 Å². The summed E-state index contributed by atoms with van der Waals surface area (Å²) in [6, 6.07) is 63.7. The van der Waals surface area contributed by atoms with Crippen LogP contribution in [0.25, 0.3) is 71.6 Å². The Bertz CT molecular complexity index is 3170. The van der Waals surface area contributed by atoms with Crippen molar-refractivity contribution in [3.63, 3.8) is 0 Å². The highest BCUT2D eigenvalue weighted by Crippen LogP contribution is 2.42. The first kappa shape index (κ1) is 26.6. The van der Waals surface area contributed by atoms with Crippen molar-refractivity contribution in [1.82, 2.24) is 4.57 Å². The van der Waals surface area contributed by atoms with E-state index in [1.165, 1.54) is 21.8 Å². The molecule has 0 N–H and O–H groups in total. The van der Waals surface area contributed by atoms with Crippen molar-refractivity contribution in [2.45, 2.75) is 0 Å². The third-order valence-corrected chi connectivity index (χ3v) is 10.3. The molecule has 0 unspecified atom stereocenters. The minimum Gasteiger partial charge on any atom is -0.310 e. The van der Waals surface area contributed by atoms with Crippen molar-refractivity contribution in [2.75, 3.05) is 4.90 Å². The Labute approximate surface area is 322 Å². The molecular weight excluding hydrogens is 653 g/mol. The molecule has 0 radical (unpaired) electrons. The summed E-state index contributed by atoms with van der Waals surface area (Å²) in [6.07, 6.45) is 0. The van der Waals surface area contributed by atoms with E-state index in [2.05, 4.69) is 155 Å². The zero-order valence-electron chi connectivity index (χ0n) is 34.3. The third kappa shape index (κ3) is 5.53. The number of fused-ring (bicyclic) bond motifs is 4. The first-order valence-corrected chi connectivity index (χ1v) is 18.1. The highest BCUT2D eigenvalue weighted by atomic mass is 15.1. The van der Waals surface area contributed by atoms with Gasteiger partial charge in [0.1, 0.15) is 0 Å². The minimum absolute atomic E-state index is 0.186. The van der Waals surface area contributed by atoms with Gasteiger partial charge in [0.15, 0.2) is 0 Å². The Morgan fingerprint density at radius 1 is 0.370 bits per heavy atom. The molecule has 1 aromatic heterocycles. The molecule has 0 amide bonds. The number of aromatic nitrogens is 1. The molecule has 0 saturated heterocycles. The largest absolute Gasteiger partial charge is 0.310 e. The Kier molecular flexibility index (Phi) is 6.61. The van der Waals surface area contributed by atoms with E-state index in [4.69, 9.17) is 6.85 Å². The lowest BCUT2D eigenvalue weighted by molar-refractivity contribution is 1.18. The smallest absolute Gasteiger partial charge is 0.0629 e. The molecule has 54 heavy (non-hydrogen) atoms. The summed E-state index contributed by atoms with van der Waals surface area (Å²) in [4.78, 5) is 2.20. The van der Waals surface area contributed by atoms with E-state index in [1.807, 2.05) is 42.5 Å². The van der Waals surface area contributed by atoms with E-state index in [0.717, 1.165) is 55.8 Å². The second kappa shape index (κ2) is 13.4. The SMILES string of the molecule is [2H]c1c([2H])c([2H])c(-c2ccc(N(c3ccccc3)c3cccc4c(-c5ccc(-c6ccc7c(c6)c6ccccc6n7-c6ccccc6)cc5)cccc34)cc2)c([2H])c1[2H]. The number of rotatable bonds is 7. The van der Waals surface area contributed by atoms with Crippen LogP contribution in [-0.4, -0.2) is 4.57 Å². The normalized spacial score (nSPS) is 12.6. The van der Waals surface area contributed by atoms with Crippen molar-refractivity contribution in [2.24, 2.45) is 0 Å². The fourth-order valence-corrected chi connectivity index (χ4v) is 7.77. The third-order valence-electron chi connectivity index (χ3n) is 10.3. The maximum atomic E-state index is 8.52. The highest BCUT2D eigenvalue weighted by molar-refractivity contribution is 6.10. The number of nitrogens with zero attached hydrogens (tertiary/aromatic N) is 2. The molecule has 0 atom stereocenters. The van der Waals surface area contributed by atoms with E-state index in [1.54, 1.807) is 0 Å². The molecule has 10 aromatic rings. The van der Waals surface area contributed by atoms with Gasteiger partial charge in [0.25, 0.3) is 0 Å². The van der Waals surface area contributed by atoms with Gasteiger partial charge in [-0.2, -0.15) is 0 Å². The van der Waals surface area contributed by atoms with Gasteiger partial charge < -0.3 is 9.47 Å². The lowest BCUT2D eigenvalue weighted by Gasteiger charge is -2.27. The maximum absolute atomic E-state index is 8.52. The summed E-state index contributed by atoms with van der Waals surface area (Å²) in [5, 5.41) is 4.64. The molecule has 2 nitrogen and oxygen atoms in total. The van der Waals surface area contributed by atoms with Crippen LogP contribution in [0, 0.1) is 0 Å². The van der Waals surface area contributed by atoms with Crippen LogP contribution < -0.4 is 4.90 Å². The van der Waals surface area contributed by atoms with E-state index < -0.39 is 6.04 Å². The molecule has 1 heterocycles. The van der Waals surface area contributed by atoms with Gasteiger partial charge in [-0.3, -0.25) is 0 Å². The minimum atomic E-state index is -0.400. The molecule has 9 aromatic carbocycles. The second-order valence-electron chi connectivity index (χ2n) is 13.4. The van der Waals surface area contributed by atoms with Crippen molar-refractivity contribution >= 4 is 49.6 Å². The number of benzene rings is 9. The Hall–Kier alpha value is -7.16. The predicted molar refractivity (Wildman–Crippen MR) is 229 cm³/mol. The standard InChI is InChI=1S/C52H36N2/c1-4-14-37(15-5-1)38-30-33-44(34-31-38)53(42-16-6-2-7-17-42)50-25-13-22-46-45(21-12-23-47(46)50)40-28-26-39(27-29-40)41-32-35-52-49(36-41)48-20-10-11-24-51(48)54(52)43-18-8-3-9-19-43/h1-36H/i1D,4D,5D,14D,15D. The van der Waals surface area contributed by atoms with E-state index in [-0.39, 0.29) is 29.7 Å². The Balaban J connectivity index is 1.03. The number of anilines is 3. The summed E-state index contributed by atoms with van der Waals surface area (Å²) in [5.41, 5.74) is 11.6. The van der Waals surface area contributed by atoms with Crippen LogP contribution in [0.2, 0.25) is 0 Å². The number of hydrogen-bond donors (Lipinski definition) is 0. The van der Waals surface area contributed by atoms with Crippen LogP contribution >= 0.6 is 0 Å². The van der Waals surface area contributed by atoms with Crippen LogP contribution in [-0.2, 0) is 0 Å². The molecule has 2 heteroatoms. The van der Waals surface area contributed by atoms with E-state index in [0.29, 0.717) is 5.56 Å². The number of hydrogen-bond acceptors (Lipinski definition) is 1. The second-order valence-corrected chi connectivity index (χ2v) is 13.4. The lowest BCUT2D eigenvalue weighted by atomic mass is 9.95. The molecule has 254 valence electrons. The van der Waals surface area contributed by atoms with Gasteiger partial charge in [-0.25, -0.2) is 0 Å². The quantitative estimate of drug-likeness (QED) is 0.161. The fraction of sp³-hybridized carbons (Fsp3) is 0. The van der Waals surface area contributed by atoms with Crippen molar-refractivity contribution in [1.29, 1.82) is 0 Å². The fourth-order valence-electron chi connectivity index (χ4n) is 7.77. The van der Waals surface area contributed by atoms with Crippen LogP contribution in [0.3, 0.4) is 0 Å². The van der Waals surface area contributed by atoms with E-state index >= 15 is 0 Å². The van der Waals surface area contributed by atoms with Gasteiger partial charge in [0.2, 0.25) is 0 Å². The molecule has 0 aliphatic rings. The van der Waals surface area contributed by atoms with Crippen LogP contribution in [0.5, 0.6) is 0 Å². The molecule has 0 aliphatic carbocycles. The van der Waals surface area contributed by atoms with Crippen LogP contribution in [0.4, 0.5) is 17.1 Å². The lowest BCUT2D eigenvalue weighted by Crippen LogP contribution is -2.10. The average molecular weight is 694 g/mol.